The van der Waals surface area contributed by atoms with Gasteiger partial charge in [0.2, 0.25) is 0 Å². The SMILES string of the molecule is Cc1c(NN)nc(C(C)C)nc1N(C)CCC#N. The third-order valence-corrected chi connectivity index (χ3v) is 2.71. The molecule has 0 saturated heterocycles. The third-order valence-electron chi connectivity index (χ3n) is 2.71. The molecule has 1 rings (SSSR count). The van der Waals surface area contributed by atoms with Crippen LogP contribution in [-0.2, 0) is 0 Å². The van der Waals surface area contributed by atoms with Gasteiger partial charge in [0.15, 0.2) is 0 Å². The summed E-state index contributed by atoms with van der Waals surface area (Å²) in [6, 6.07) is 2.13. The summed E-state index contributed by atoms with van der Waals surface area (Å²) in [5.41, 5.74) is 3.49. The summed E-state index contributed by atoms with van der Waals surface area (Å²) in [7, 11) is 1.91. The average Bonchev–Trinajstić information content (AvgIpc) is 2.35. The average molecular weight is 248 g/mol. The van der Waals surface area contributed by atoms with E-state index >= 15 is 0 Å². The van der Waals surface area contributed by atoms with E-state index in [9.17, 15) is 0 Å². The Labute approximate surface area is 108 Å². The zero-order valence-corrected chi connectivity index (χ0v) is 11.4. The maximum atomic E-state index is 8.63. The standard InChI is InChI=1S/C12H20N6/c1-8(2)10-15-11(17-14)9(3)12(16-10)18(4)7-5-6-13/h8H,5,7,14H2,1-4H3,(H,15,16,17). The van der Waals surface area contributed by atoms with E-state index in [0.717, 1.165) is 17.2 Å². The fraction of sp³-hybridized carbons (Fsp3) is 0.583. The van der Waals surface area contributed by atoms with Crippen molar-refractivity contribution >= 4 is 11.6 Å². The zero-order chi connectivity index (χ0) is 13.7. The molecule has 0 aliphatic rings. The lowest BCUT2D eigenvalue weighted by molar-refractivity contribution is 0.759. The molecule has 1 heterocycles. The largest absolute Gasteiger partial charge is 0.358 e. The van der Waals surface area contributed by atoms with Gasteiger partial charge in [0, 0.05) is 25.1 Å². The molecule has 0 bridgehead atoms. The Hall–Kier alpha value is -1.87. The van der Waals surface area contributed by atoms with Crippen LogP contribution in [-0.4, -0.2) is 23.6 Å². The van der Waals surface area contributed by atoms with E-state index in [2.05, 4.69) is 21.5 Å². The first-order valence-electron chi connectivity index (χ1n) is 5.94. The molecule has 1 aromatic rings. The van der Waals surface area contributed by atoms with Gasteiger partial charge in [-0.1, -0.05) is 13.8 Å². The Bertz CT molecular complexity index is 449. The normalized spacial score (nSPS) is 10.3. The van der Waals surface area contributed by atoms with Crippen LogP contribution >= 0.6 is 0 Å². The minimum Gasteiger partial charge on any atom is -0.358 e. The molecule has 3 N–H and O–H groups in total. The molecule has 18 heavy (non-hydrogen) atoms. The lowest BCUT2D eigenvalue weighted by atomic mass is 10.2. The van der Waals surface area contributed by atoms with E-state index < -0.39 is 0 Å². The summed E-state index contributed by atoms with van der Waals surface area (Å²) in [6.07, 6.45) is 0.461. The molecule has 6 nitrogen and oxygen atoms in total. The van der Waals surface area contributed by atoms with Crippen molar-refractivity contribution in [3.8, 4) is 6.07 Å². The van der Waals surface area contributed by atoms with Crippen molar-refractivity contribution in [2.24, 2.45) is 5.84 Å². The van der Waals surface area contributed by atoms with Gasteiger partial charge in [0.1, 0.15) is 17.5 Å². The van der Waals surface area contributed by atoms with Crippen LogP contribution < -0.4 is 16.2 Å². The van der Waals surface area contributed by atoms with Gasteiger partial charge >= 0.3 is 0 Å². The molecule has 98 valence electrons. The molecule has 0 aliphatic carbocycles. The van der Waals surface area contributed by atoms with Crippen molar-refractivity contribution in [2.45, 2.75) is 33.1 Å². The molecule has 0 fully saturated rings. The number of nitrogens with two attached hydrogens (primary N) is 1. The van der Waals surface area contributed by atoms with Crippen LogP contribution in [0.25, 0.3) is 0 Å². The highest BCUT2D eigenvalue weighted by Crippen LogP contribution is 2.24. The van der Waals surface area contributed by atoms with Crippen LogP contribution in [0.5, 0.6) is 0 Å². The fourth-order valence-corrected chi connectivity index (χ4v) is 1.62. The van der Waals surface area contributed by atoms with E-state index in [1.165, 1.54) is 0 Å². The summed E-state index contributed by atoms with van der Waals surface area (Å²) < 4.78 is 0. The number of aromatic nitrogens is 2. The Morgan fingerprint density at radius 1 is 1.44 bits per heavy atom. The van der Waals surface area contributed by atoms with Gasteiger partial charge in [-0.15, -0.1) is 0 Å². The molecule has 0 saturated carbocycles. The second-order valence-corrected chi connectivity index (χ2v) is 4.51. The molecule has 0 aliphatic heterocycles. The highest BCUT2D eigenvalue weighted by atomic mass is 15.3. The lowest BCUT2D eigenvalue weighted by Gasteiger charge is -2.21. The van der Waals surface area contributed by atoms with E-state index in [-0.39, 0.29) is 5.92 Å². The molecule has 6 heteroatoms. The van der Waals surface area contributed by atoms with Gasteiger partial charge < -0.3 is 10.3 Å². The topological polar surface area (TPSA) is 90.9 Å². The first kappa shape index (κ1) is 14.2. The molecular formula is C12H20N6. The predicted molar refractivity (Wildman–Crippen MR) is 72.2 cm³/mol. The van der Waals surface area contributed by atoms with Crippen LogP contribution in [0.3, 0.4) is 0 Å². The highest BCUT2D eigenvalue weighted by Gasteiger charge is 2.15. The Morgan fingerprint density at radius 2 is 2.11 bits per heavy atom. The van der Waals surface area contributed by atoms with Crippen molar-refractivity contribution in [3.05, 3.63) is 11.4 Å². The van der Waals surface area contributed by atoms with Crippen LogP contribution in [0.2, 0.25) is 0 Å². The number of hydrogen-bond acceptors (Lipinski definition) is 6. The van der Waals surface area contributed by atoms with Crippen molar-refractivity contribution in [2.75, 3.05) is 23.9 Å². The van der Waals surface area contributed by atoms with E-state index in [1.807, 2.05) is 32.7 Å². The predicted octanol–water partition coefficient (Wildman–Crippen LogP) is 1.54. The zero-order valence-electron chi connectivity index (χ0n) is 11.4. The van der Waals surface area contributed by atoms with Gasteiger partial charge in [-0.2, -0.15) is 5.26 Å². The summed E-state index contributed by atoms with van der Waals surface area (Å²) >= 11 is 0. The summed E-state index contributed by atoms with van der Waals surface area (Å²) in [5.74, 6) is 7.89. The number of anilines is 2. The summed E-state index contributed by atoms with van der Waals surface area (Å²) in [4.78, 5) is 10.9. The van der Waals surface area contributed by atoms with Crippen LogP contribution in [0.15, 0.2) is 0 Å². The van der Waals surface area contributed by atoms with E-state index in [4.69, 9.17) is 11.1 Å². The number of nitrogens with one attached hydrogen (secondary N) is 1. The van der Waals surface area contributed by atoms with Crippen molar-refractivity contribution in [1.82, 2.24) is 9.97 Å². The maximum absolute atomic E-state index is 8.63. The maximum Gasteiger partial charge on any atom is 0.148 e. The third kappa shape index (κ3) is 3.08. The number of nitrogens with zero attached hydrogens (tertiary/aromatic N) is 4. The molecular weight excluding hydrogens is 228 g/mol. The van der Waals surface area contributed by atoms with Gasteiger partial charge in [0.05, 0.1) is 12.5 Å². The lowest BCUT2D eigenvalue weighted by Crippen LogP contribution is -2.23. The van der Waals surface area contributed by atoms with E-state index in [1.54, 1.807) is 0 Å². The first-order chi connectivity index (χ1) is 8.51. The van der Waals surface area contributed by atoms with Crippen LogP contribution in [0.1, 0.15) is 37.6 Å². The quantitative estimate of drug-likeness (QED) is 0.606. The number of rotatable bonds is 5. The molecule has 1 aromatic heterocycles. The Morgan fingerprint density at radius 3 is 2.61 bits per heavy atom. The monoisotopic (exact) mass is 248 g/mol. The second-order valence-electron chi connectivity index (χ2n) is 4.51. The molecule has 0 spiro atoms. The second kappa shape index (κ2) is 6.17. The van der Waals surface area contributed by atoms with Crippen molar-refractivity contribution in [1.29, 1.82) is 5.26 Å². The smallest absolute Gasteiger partial charge is 0.148 e. The number of hydrogen-bond donors (Lipinski definition) is 2. The fourth-order valence-electron chi connectivity index (χ4n) is 1.62. The number of nitriles is 1. The minimum absolute atomic E-state index is 0.223. The molecule has 0 atom stereocenters. The number of nitrogen functional groups attached to an aromatic ring is 1. The Kier molecular flexibility index (Phi) is 4.86. The molecule has 0 aromatic carbocycles. The van der Waals surface area contributed by atoms with Crippen molar-refractivity contribution < 1.29 is 0 Å². The van der Waals surface area contributed by atoms with Crippen LogP contribution in [0.4, 0.5) is 11.6 Å². The highest BCUT2D eigenvalue weighted by molar-refractivity contribution is 5.58. The van der Waals surface area contributed by atoms with Gasteiger partial charge in [-0.3, -0.25) is 0 Å². The summed E-state index contributed by atoms with van der Waals surface area (Å²) in [6.45, 7) is 6.61. The molecule has 0 amide bonds. The van der Waals surface area contributed by atoms with Crippen LogP contribution in [0, 0.1) is 18.3 Å². The van der Waals surface area contributed by atoms with Gasteiger partial charge in [0.25, 0.3) is 0 Å². The van der Waals surface area contributed by atoms with Gasteiger partial charge in [-0.05, 0) is 6.92 Å². The molecule has 0 radical (unpaired) electrons. The Balaban J connectivity index is 3.16. The van der Waals surface area contributed by atoms with Gasteiger partial charge in [-0.25, -0.2) is 15.8 Å². The van der Waals surface area contributed by atoms with Crippen molar-refractivity contribution in [3.63, 3.8) is 0 Å². The number of hydrazine groups is 1. The summed E-state index contributed by atoms with van der Waals surface area (Å²) in [5, 5.41) is 8.63. The molecule has 0 unspecified atom stereocenters. The van der Waals surface area contributed by atoms with E-state index in [0.29, 0.717) is 18.8 Å². The minimum atomic E-state index is 0.223. The first-order valence-corrected chi connectivity index (χ1v) is 5.94.